The van der Waals surface area contributed by atoms with Crippen molar-refractivity contribution in [3.63, 3.8) is 0 Å². The summed E-state index contributed by atoms with van der Waals surface area (Å²) in [5, 5.41) is 13.3. The highest BCUT2D eigenvalue weighted by Crippen LogP contribution is 2.15. The molecule has 1 amide bonds. The van der Waals surface area contributed by atoms with E-state index in [1.165, 1.54) is 0 Å². The largest absolute Gasteiger partial charge is 0.361 e. The second-order valence-electron chi connectivity index (χ2n) is 5.05. The van der Waals surface area contributed by atoms with Crippen molar-refractivity contribution in [2.75, 3.05) is 5.32 Å². The van der Waals surface area contributed by atoms with Gasteiger partial charge < -0.3 is 4.52 Å². The number of H-pyrrole nitrogens is 1. The molecular formula is C13H19N5O2. The molecule has 2 N–H and O–H groups in total. The molecule has 0 fully saturated rings. The molecule has 0 saturated carbocycles. The summed E-state index contributed by atoms with van der Waals surface area (Å²) in [6.07, 6.45) is 0.933. The van der Waals surface area contributed by atoms with Crippen molar-refractivity contribution in [2.45, 2.75) is 46.5 Å². The number of hydrogen-bond donors (Lipinski definition) is 2. The lowest BCUT2D eigenvalue weighted by Crippen LogP contribution is -2.13. The van der Waals surface area contributed by atoms with Crippen LogP contribution in [0.3, 0.4) is 0 Å². The van der Waals surface area contributed by atoms with Crippen molar-refractivity contribution in [2.24, 2.45) is 0 Å². The highest BCUT2D eigenvalue weighted by molar-refractivity contribution is 5.89. The Kier molecular flexibility index (Phi) is 4.16. The molecule has 0 unspecified atom stereocenters. The number of carbonyl (C=O) groups is 1. The molecule has 0 aliphatic heterocycles. The zero-order valence-electron chi connectivity index (χ0n) is 12.1. The molecule has 0 radical (unpaired) electrons. The number of aromatic amines is 1. The minimum atomic E-state index is -0.126. The Labute approximate surface area is 117 Å². The fourth-order valence-corrected chi connectivity index (χ4v) is 1.87. The van der Waals surface area contributed by atoms with Crippen LogP contribution in [0.15, 0.2) is 4.52 Å². The third-order valence-electron chi connectivity index (χ3n) is 3.08. The van der Waals surface area contributed by atoms with E-state index in [1.807, 2.05) is 27.7 Å². The van der Waals surface area contributed by atoms with E-state index in [2.05, 4.69) is 25.7 Å². The maximum atomic E-state index is 11.9. The number of nitrogens with one attached hydrogen (secondary N) is 2. The van der Waals surface area contributed by atoms with Crippen LogP contribution in [0.25, 0.3) is 0 Å². The summed E-state index contributed by atoms with van der Waals surface area (Å²) in [6.45, 7) is 7.72. The molecule has 0 bridgehead atoms. The van der Waals surface area contributed by atoms with Gasteiger partial charge in [0, 0.05) is 17.9 Å². The van der Waals surface area contributed by atoms with Crippen LogP contribution in [0.5, 0.6) is 0 Å². The average Bonchev–Trinajstić information content (AvgIpc) is 2.96. The van der Waals surface area contributed by atoms with Crippen LogP contribution < -0.4 is 5.32 Å². The predicted octanol–water partition coefficient (Wildman–Crippen LogP) is 2.10. The van der Waals surface area contributed by atoms with Gasteiger partial charge in [-0.3, -0.25) is 15.2 Å². The van der Waals surface area contributed by atoms with Gasteiger partial charge in [0.25, 0.3) is 0 Å². The van der Waals surface area contributed by atoms with E-state index in [-0.39, 0.29) is 11.8 Å². The zero-order chi connectivity index (χ0) is 14.7. The van der Waals surface area contributed by atoms with Gasteiger partial charge in [-0.2, -0.15) is 4.98 Å². The molecule has 0 spiro atoms. The normalized spacial score (nSPS) is 11.1. The van der Waals surface area contributed by atoms with Gasteiger partial charge in [-0.15, -0.1) is 5.10 Å². The first-order chi connectivity index (χ1) is 9.47. The van der Waals surface area contributed by atoms with Gasteiger partial charge in [0.15, 0.2) is 0 Å². The van der Waals surface area contributed by atoms with Crippen molar-refractivity contribution in [1.82, 2.24) is 20.3 Å². The molecule has 2 heterocycles. The fraction of sp³-hybridized carbons (Fsp3) is 0.538. The molecule has 108 valence electrons. The lowest BCUT2D eigenvalue weighted by atomic mass is 10.1. The second-order valence-corrected chi connectivity index (χ2v) is 5.05. The first-order valence-corrected chi connectivity index (χ1v) is 6.61. The summed E-state index contributed by atoms with van der Waals surface area (Å²) >= 11 is 0. The van der Waals surface area contributed by atoms with Gasteiger partial charge in [-0.05, 0) is 20.3 Å². The third kappa shape index (κ3) is 3.23. The van der Waals surface area contributed by atoms with Gasteiger partial charge in [0.2, 0.25) is 11.9 Å². The molecule has 2 rings (SSSR count). The number of amides is 1. The predicted molar refractivity (Wildman–Crippen MR) is 73.4 cm³/mol. The third-order valence-corrected chi connectivity index (χ3v) is 3.08. The maximum Gasteiger partial charge on any atom is 0.248 e. The summed E-state index contributed by atoms with van der Waals surface area (Å²) in [5.41, 5.74) is 1.81. The molecule has 0 saturated heterocycles. The molecule has 0 atom stereocenters. The van der Waals surface area contributed by atoms with E-state index in [4.69, 9.17) is 4.52 Å². The highest BCUT2D eigenvalue weighted by atomic mass is 16.5. The van der Waals surface area contributed by atoms with E-state index >= 15 is 0 Å². The number of hydrogen-bond acceptors (Lipinski definition) is 5. The monoisotopic (exact) mass is 277 g/mol. The molecule has 7 heteroatoms. The quantitative estimate of drug-likeness (QED) is 0.872. The SMILES string of the molecule is Cc1noc(C)c1CCC(=O)Nc1n[nH]c(C(C)C)n1. The van der Waals surface area contributed by atoms with Gasteiger partial charge in [0.05, 0.1) is 5.69 Å². The molecule has 20 heavy (non-hydrogen) atoms. The Bertz CT molecular complexity index is 580. The number of carbonyl (C=O) groups excluding carboxylic acids is 1. The van der Waals surface area contributed by atoms with Gasteiger partial charge in [-0.1, -0.05) is 19.0 Å². The number of nitrogens with zero attached hydrogens (tertiary/aromatic N) is 3. The Hall–Kier alpha value is -2.18. The Morgan fingerprint density at radius 3 is 2.70 bits per heavy atom. The van der Waals surface area contributed by atoms with Gasteiger partial charge in [-0.25, -0.2) is 0 Å². The van der Waals surface area contributed by atoms with Crippen molar-refractivity contribution >= 4 is 11.9 Å². The van der Waals surface area contributed by atoms with Crippen LogP contribution in [-0.4, -0.2) is 26.2 Å². The number of aromatic nitrogens is 4. The van der Waals surface area contributed by atoms with Crippen LogP contribution in [-0.2, 0) is 11.2 Å². The van der Waals surface area contributed by atoms with Gasteiger partial charge in [0.1, 0.15) is 11.6 Å². The van der Waals surface area contributed by atoms with E-state index in [0.717, 1.165) is 22.8 Å². The molecular weight excluding hydrogens is 258 g/mol. The summed E-state index contributed by atoms with van der Waals surface area (Å²) in [5.74, 6) is 1.95. The topological polar surface area (TPSA) is 96.7 Å². The highest BCUT2D eigenvalue weighted by Gasteiger charge is 2.13. The minimum Gasteiger partial charge on any atom is -0.361 e. The van der Waals surface area contributed by atoms with E-state index in [0.29, 0.717) is 18.8 Å². The van der Waals surface area contributed by atoms with Crippen LogP contribution >= 0.6 is 0 Å². The Morgan fingerprint density at radius 1 is 1.40 bits per heavy atom. The first kappa shape index (κ1) is 14.2. The van der Waals surface area contributed by atoms with Crippen LogP contribution in [0.2, 0.25) is 0 Å². The maximum absolute atomic E-state index is 11.9. The summed E-state index contributed by atoms with van der Waals surface area (Å²) < 4.78 is 5.06. The first-order valence-electron chi connectivity index (χ1n) is 6.61. The Balaban J connectivity index is 1.89. The fourth-order valence-electron chi connectivity index (χ4n) is 1.87. The van der Waals surface area contributed by atoms with Crippen LogP contribution in [0, 0.1) is 13.8 Å². The van der Waals surface area contributed by atoms with Crippen LogP contribution in [0.4, 0.5) is 5.95 Å². The lowest BCUT2D eigenvalue weighted by molar-refractivity contribution is -0.116. The molecule has 7 nitrogen and oxygen atoms in total. The summed E-state index contributed by atoms with van der Waals surface area (Å²) in [7, 11) is 0. The molecule has 0 aromatic carbocycles. The van der Waals surface area contributed by atoms with Crippen molar-refractivity contribution < 1.29 is 9.32 Å². The molecule has 0 aliphatic rings. The molecule has 0 aliphatic carbocycles. The summed E-state index contributed by atoms with van der Waals surface area (Å²) in [4.78, 5) is 16.1. The van der Waals surface area contributed by atoms with Crippen LogP contribution in [0.1, 0.15) is 49.0 Å². The Morgan fingerprint density at radius 2 is 2.15 bits per heavy atom. The standard InChI is InChI=1S/C13H19N5O2/c1-7(2)12-15-13(17-16-12)14-11(19)6-5-10-8(3)18-20-9(10)4/h7H,5-6H2,1-4H3,(H2,14,15,16,17,19). The second kappa shape index (κ2) is 5.85. The van der Waals surface area contributed by atoms with Crippen molar-refractivity contribution in [1.29, 1.82) is 0 Å². The average molecular weight is 277 g/mol. The lowest BCUT2D eigenvalue weighted by Gasteiger charge is -2.01. The van der Waals surface area contributed by atoms with E-state index in [9.17, 15) is 4.79 Å². The number of anilines is 1. The number of aryl methyl sites for hydroxylation is 2. The molecule has 2 aromatic heterocycles. The van der Waals surface area contributed by atoms with E-state index < -0.39 is 0 Å². The smallest absolute Gasteiger partial charge is 0.248 e. The van der Waals surface area contributed by atoms with E-state index in [1.54, 1.807) is 0 Å². The molecule has 2 aromatic rings. The minimum absolute atomic E-state index is 0.126. The zero-order valence-corrected chi connectivity index (χ0v) is 12.1. The van der Waals surface area contributed by atoms with Gasteiger partial charge >= 0.3 is 0 Å². The van der Waals surface area contributed by atoms with Crippen molar-refractivity contribution in [3.05, 3.63) is 22.8 Å². The van der Waals surface area contributed by atoms with Crippen molar-refractivity contribution in [3.8, 4) is 0 Å². The number of rotatable bonds is 5. The summed E-state index contributed by atoms with van der Waals surface area (Å²) in [6, 6.07) is 0.